The summed E-state index contributed by atoms with van der Waals surface area (Å²) in [5, 5.41) is 7.58. The number of hydrogen-bond acceptors (Lipinski definition) is 1. The van der Waals surface area contributed by atoms with E-state index in [1.165, 1.54) is 88.0 Å². The average molecular weight is 864 g/mol. The number of benzene rings is 12. The van der Waals surface area contributed by atoms with Gasteiger partial charge in [0.15, 0.2) is 0 Å². The van der Waals surface area contributed by atoms with Crippen LogP contribution in [0.1, 0.15) is 22.3 Å². The lowest BCUT2D eigenvalue weighted by molar-refractivity contribution is 0.768. The molecule has 0 spiro atoms. The maximum Gasteiger partial charge on any atom is 0.0714 e. The minimum absolute atomic E-state index is 0.583. The average Bonchev–Trinajstić information content (AvgIpc) is 3.72. The Balaban J connectivity index is 1.14. The van der Waals surface area contributed by atoms with Crippen LogP contribution in [0.5, 0.6) is 0 Å². The Morgan fingerprint density at radius 3 is 1.15 bits per heavy atom. The number of fused-ring (bicyclic) bond motifs is 9. The molecule has 0 atom stereocenters. The standard InChI is InChI=1S/C67H45N/c1-5-19-46(20-6-1)48-33-38-53(39-34-48)68(54-40-35-49(36-41-54)47-21-7-2-8-22-47)66-45-65-63(60-31-17-18-32-64(60)67(65,51-23-9-3-10-24-51)52-25-11-4-12-26-52)44-61(66)50-37-42-59-57-29-14-13-27-55(57)56-28-15-16-30-58(56)62(59)43-50/h1-45H. The van der Waals surface area contributed by atoms with Crippen LogP contribution in [0, 0.1) is 0 Å². The molecule has 0 saturated heterocycles. The van der Waals surface area contributed by atoms with Gasteiger partial charge in [-0.2, -0.15) is 0 Å². The molecule has 13 rings (SSSR count). The molecule has 1 nitrogen and oxygen atoms in total. The molecule has 0 heterocycles. The van der Waals surface area contributed by atoms with Crippen molar-refractivity contribution in [1.82, 2.24) is 0 Å². The number of hydrogen-bond donors (Lipinski definition) is 0. The van der Waals surface area contributed by atoms with Gasteiger partial charge in [-0.3, -0.25) is 0 Å². The molecule has 0 unspecified atom stereocenters. The van der Waals surface area contributed by atoms with Crippen molar-refractivity contribution in [2.75, 3.05) is 4.90 Å². The van der Waals surface area contributed by atoms with E-state index in [4.69, 9.17) is 0 Å². The van der Waals surface area contributed by atoms with Gasteiger partial charge in [0.2, 0.25) is 0 Å². The highest BCUT2D eigenvalue weighted by Crippen LogP contribution is 2.59. The predicted octanol–water partition coefficient (Wildman–Crippen LogP) is 18.0. The van der Waals surface area contributed by atoms with Gasteiger partial charge in [-0.05, 0) is 136 Å². The highest BCUT2D eigenvalue weighted by atomic mass is 15.1. The molecule has 12 aromatic carbocycles. The predicted molar refractivity (Wildman–Crippen MR) is 287 cm³/mol. The Hall–Kier alpha value is -8.78. The van der Waals surface area contributed by atoms with Gasteiger partial charge in [0.1, 0.15) is 0 Å². The van der Waals surface area contributed by atoms with Crippen LogP contribution in [0.2, 0.25) is 0 Å². The smallest absolute Gasteiger partial charge is 0.0714 e. The molecular formula is C67H45N. The Bertz CT molecular complexity index is 3650. The summed E-state index contributed by atoms with van der Waals surface area (Å²) in [6, 6.07) is 101. The molecule has 0 N–H and O–H groups in total. The second-order valence-electron chi connectivity index (χ2n) is 18.0. The van der Waals surface area contributed by atoms with Gasteiger partial charge in [0, 0.05) is 16.9 Å². The highest BCUT2D eigenvalue weighted by molar-refractivity contribution is 6.26. The lowest BCUT2D eigenvalue weighted by Gasteiger charge is -2.35. The highest BCUT2D eigenvalue weighted by Gasteiger charge is 2.47. The van der Waals surface area contributed by atoms with Crippen molar-refractivity contribution in [3.63, 3.8) is 0 Å². The Kier molecular flexibility index (Phi) is 9.47. The fourth-order valence-electron chi connectivity index (χ4n) is 11.3. The van der Waals surface area contributed by atoms with Crippen LogP contribution in [0.3, 0.4) is 0 Å². The second kappa shape index (κ2) is 16.3. The number of anilines is 3. The summed E-state index contributed by atoms with van der Waals surface area (Å²) >= 11 is 0. The van der Waals surface area contributed by atoms with Crippen molar-refractivity contribution in [3.8, 4) is 44.5 Å². The SMILES string of the molecule is c1ccc(-c2ccc(N(c3ccc(-c4ccccc4)cc3)c3cc4c(cc3-c3ccc5c6ccccc6c6ccccc6c5c3)-c3ccccc3C4(c3ccccc3)c3ccccc3)cc2)cc1. The normalized spacial score (nSPS) is 12.5. The lowest BCUT2D eigenvalue weighted by atomic mass is 9.67. The first-order chi connectivity index (χ1) is 33.7. The van der Waals surface area contributed by atoms with Crippen molar-refractivity contribution in [2.45, 2.75) is 5.41 Å². The van der Waals surface area contributed by atoms with Crippen LogP contribution in [-0.2, 0) is 5.41 Å². The van der Waals surface area contributed by atoms with E-state index in [2.05, 4.69) is 278 Å². The van der Waals surface area contributed by atoms with Gasteiger partial charge in [-0.25, -0.2) is 0 Å². The van der Waals surface area contributed by atoms with Gasteiger partial charge >= 0.3 is 0 Å². The molecule has 12 aromatic rings. The molecule has 0 aliphatic heterocycles. The molecule has 0 amide bonds. The van der Waals surface area contributed by atoms with E-state index in [-0.39, 0.29) is 0 Å². The Labute approximate surface area is 397 Å². The summed E-state index contributed by atoms with van der Waals surface area (Å²) in [6.07, 6.45) is 0. The summed E-state index contributed by atoms with van der Waals surface area (Å²) in [6.45, 7) is 0. The largest absolute Gasteiger partial charge is 0.310 e. The molecule has 0 aromatic heterocycles. The topological polar surface area (TPSA) is 3.24 Å². The summed E-state index contributed by atoms with van der Waals surface area (Å²) in [5.41, 5.74) is 17.3. The fourth-order valence-corrected chi connectivity index (χ4v) is 11.3. The summed E-state index contributed by atoms with van der Waals surface area (Å²) in [5.74, 6) is 0. The fraction of sp³-hybridized carbons (Fsp3) is 0.0149. The first kappa shape index (κ1) is 39.6. The third kappa shape index (κ3) is 6.32. The maximum absolute atomic E-state index is 2.53. The molecule has 0 radical (unpaired) electrons. The van der Waals surface area contributed by atoms with E-state index in [1.54, 1.807) is 0 Å². The van der Waals surface area contributed by atoms with Gasteiger partial charge < -0.3 is 4.90 Å². The van der Waals surface area contributed by atoms with Crippen LogP contribution in [0.15, 0.2) is 273 Å². The van der Waals surface area contributed by atoms with Crippen molar-refractivity contribution in [3.05, 3.63) is 295 Å². The first-order valence-electron chi connectivity index (χ1n) is 23.6. The van der Waals surface area contributed by atoms with Gasteiger partial charge in [0.05, 0.1) is 11.1 Å². The minimum atomic E-state index is -0.583. The van der Waals surface area contributed by atoms with Crippen molar-refractivity contribution < 1.29 is 0 Å². The molecule has 0 saturated carbocycles. The molecule has 0 bridgehead atoms. The maximum atomic E-state index is 2.53. The summed E-state index contributed by atoms with van der Waals surface area (Å²) in [4.78, 5) is 2.49. The third-order valence-electron chi connectivity index (χ3n) is 14.3. The van der Waals surface area contributed by atoms with Crippen molar-refractivity contribution in [1.29, 1.82) is 0 Å². The van der Waals surface area contributed by atoms with E-state index >= 15 is 0 Å². The van der Waals surface area contributed by atoms with E-state index < -0.39 is 5.41 Å². The van der Waals surface area contributed by atoms with Crippen LogP contribution < -0.4 is 4.90 Å². The van der Waals surface area contributed by atoms with E-state index in [0.29, 0.717) is 0 Å². The number of nitrogens with zero attached hydrogens (tertiary/aromatic N) is 1. The van der Waals surface area contributed by atoms with Crippen LogP contribution in [0.4, 0.5) is 17.1 Å². The van der Waals surface area contributed by atoms with Crippen LogP contribution >= 0.6 is 0 Å². The third-order valence-corrected chi connectivity index (χ3v) is 14.3. The zero-order valence-corrected chi connectivity index (χ0v) is 37.4. The van der Waals surface area contributed by atoms with E-state index in [0.717, 1.165) is 28.2 Å². The number of rotatable bonds is 8. The molecule has 68 heavy (non-hydrogen) atoms. The Morgan fingerprint density at radius 2 is 0.632 bits per heavy atom. The van der Waals surface area contributed by atoms with Crippen molar-refractivity contribution in [2.24, 2.45) is 0 Å². The van der Waals surface area contributed by atoms with Crippen LogP contribution in [-0.4, -0.2) is 0 Å². The monoisotopic (exact) mass is 863 g/mol. The molecular weight excluding hydrogens is 819 g/mol. The van der Waals surface area contributed by atoms with Gasteiger partial charge in [-0.15, -0.1) is 0 Å². The molecule has 1 aliphatic rings. The van der Waals surface area contributed by atoms with Crippen LogP contribution in [0.25, 0.3) is 76.8 Å². The van der Waals surface area contributed by atoms with Crippen molar-refractivity contribution >= 4 is 49.4 Å². The van der Waals surface area contributed by atoms with E-state index in [9.17, 15) is 0 Å². The summed E-state index contributed by atoms with van der Waals surface area (Å²) < 4.78 is 0. The zero-order chi connectivity index (χ0) is 45.0. The molecule has 1 heteroatoms. The summed E-state index contributed by atoms with van der Waals surface area (Å²) in [7, 11) is 0. The lowest BCUT2D eigenvalue weighted by Crippen LogP contribution is -2.28. The van der Waals surface area contributed by atoms with E-state index in [1.807, 2.05) is 0 Å². The minimum Gasteiger partial charge on any atom is -0.310 e. The zero-order valence-electron chi connectivity index (χ0n) is 37.4. The molecule has 1 aliphatic carbocycles. The first-order valence-corrected chi connectivity index (χ1v) is 23.6. The molecule has 0 fully saturated rings. The quantitative estimate of drug-likeness (QED) is 0.138. The molecule has 318 valence electrons. The van der Waals surface area contributed by atoms with Gasteiger partial charge in [-0.1, -0.05) is 231 Å². The van der Waals surface area contributed by atoms with Gasteiger partial charge in [0.25, 0.3) is 0 Å². The Morgan fingerprint density at radius 1 is 0.235 bits per heavy atom. The second-order valence-corrected chi connectivity index (χ2v) is 18.0.